The Labute approximate surface area is 138 Å². The van der Waals surface area contributed by atoms with Gasteiger partial charge in [-0.1, -0.05) is 0 Å². The maximum Gasteiger partial charge on any atom is 0.263 e. The summed E-state index contributed by atoms with van der Waals surface area (Å²) in [7, 11) is 1.60. The van der Waals surface area contributed by atoms with Crippen molar-refractivity contribution >= 4 is 22.6 Å². The first-order valence-electron chi connectivity index (χ1n) is 7.30. The Bertz CT molecular complexity index is 868. The molecule has 24 heavy (non-hydrogen) atoms. The highest BCUT2D eigenvalue weighted by Crippen LogP contribution is 2.28. The van der Waals surface area contributed by atoms with Crippen LogP contribution in [0.2, 0.25) is 0 Å². The Morgan fingerprint density at radius 2 is 2.12 bits per heavy atom. The Morgan fingerprint density at radius 1 is 1.25 bits per heavy atom. The molecule has 0 saturated carbocycles. The van der Waals surface area contributed by atoms with Crippen molar-refractivity contribution in [1.29, 1.82) is 0 Å². The third kappa shape index (κ3) is 3.57. The van der Waals surface area contributed by atoms with Gasteiger partial charge in [0.05, 0.1) is 12.6 Å². The molecule has 3 rings (SSSR count). The topological polar surface area (TPSA) is 86.2 Å². The zero-order chi connectivity index (χ0) is 16.9. The molecular weight excluding hydrogens is 308 g/mol. The monoisotopic (exact) mass is 324 g/mol. The molecule has 0 saturated heterocycles. The van der Waals surface area contributed by atoms with Crippen LogP contribution in [0.3, 0.4) is 0 Å². The third-order valence-corrected chi connectivity index (χ3v) is 3.31. The Kier molecular flexibility index (Phi) is 4.51. The van der Waals surface area contributed by atoms with Gasteiger partial charge in [-0.2, -0.15) is 0 Å². The molecule has 3 aromatic rings. The molecule has 1 aromatic carbocycles. The quantitative estimate of drug-likeness (QED) is 0.775. The number of carbonyl (C=O) groups is 1. The second kappa shape index (κ2) is 6.91. The third-order valence-electron chi connectivity index (χ3n) is 3.31. The van der Waals surface area contributed by atoms with E-state index in [-0.39, 0.29) is 12.5 Å². The van der Waals surface area contributed by atoms with Crippen LogP contribution in [0, 0.1) is 6.92 Å². The molecule has 0 unspecified atom stereocenters. The zero-order valence-electron chi connectivity index (χ0n) is 13.3. The van der Waals surface area contributed by atoms with Crippen LogP contribution in [0.5, 0.6) is 11.5 Å². The average molecular weight is 324 g/mol. The van der Waals surface area contributed by atoms with Crippen LogP contribution >= 0.6 is 0 Å². The summed E-state index contributed by atoms with van der Waals surface area (Å²) in [6, 6.07) is 8.92. The molecule has 0 fully saturated rings. The van der Waals surface area contributed by atoms with Crippen LogP contribution in [-0.4, -0.2) is 34.6 Å². The fourth-order valence-electron chi connectivity index (χ4n) is 2.23. The lowest BCUT2D eigenvalue weighted by molar-refractivity contribution is -0.118. The van der Waals surface area contributed by atoms with Crippen LogP contribution < -0.4 is 14.8 Å². The van der Waals surface area contributed by atoms with E-state index in [1.165, 1.54) is 6.33 Å². The number of nitrogens with one attached hydrogen (secondary N) is 1. The number of rotatable bonds is 5. The van der Waals surface area contributed by atoms with Crippen LogP contribution in [-0.2, 0) is 4.79 Å². The highest BCUT2D eigenvalue weighted by molar-refractivity contribution is 5.92. The highest BCUT2D eigenvalue weighted by atomic mass is 16.5. The lowest BCUT2D eigenvalue weighted by Gasteiger charge is -2.11. The summed E-state index contributed by atoms with van der Waals surface area (Å²) in [5.74, 6) is 1.40. The number of aryl methyl sites for hydroxylation is 1. The fraction of sp³-hybridized carbons (Fsp3) is 0.176. The maximum absolute atomic E-state index is 12.0. The van der Waals surface area contributed by atoms with E-state index in [0.29, 0.717) is 17.3 Å². The molecule has 0 spiro atoms. The Hall–Kier alpha value is -3.22. The average Bonchev–Trinajstić information content (AvgIpc) is 2.60. The van der Waals surface area contributed by atoms with E-state index in [9.17, 15) is 4.79 Å². The van der Waals surface area contributed by atoms with Crippen molar-refractivity contribution in [2.24, 2.45) is 0 Å². The number of amides is 1. The van der Waals surface area contributed by atoms with E-state index >= 15 is 0 Å². The predicted molar refractivity (Wildman–Crippen MR) is 89.2 cm³/mol. The van der Waals surface area contributed by atoms with Gasteiger partial charge >= 0.3 is 0 Å². The van der Waals surface area contributed by atoms with Crippen LogP contribution in [0.15, 0.2) is 42.9 Å². The number of pyridine rings is 1. The fourth-order valence-corrected chi connectivity index (χ4v) is 2.23. The maximum atomic E-state index is 12.0. The minimum atomic E-state index is -0.306. The molecule has 0 atom stereocenters. The molecule has 0 radical (unpaired) electrons. The van der Waals surface area contributed by atoms with E-state index in [0.717, 1.165) is 16.6 Å². The van der Waals surface area contributed by atoms with Gasteiger partial charge < -0.3 is 14.8 Å². The van der Waals surface area contributed by atoms with Gasteiger partial charge in [0, 0.05) is 23.3 Å². The molecule has 0 bridgehead atoms. The minimum Gasteiger partial charge on any atom is -0.497 e. The largest absolute Gasteiger partial charge is 0.497 e. The van der Waals surface area contributed by atoms with Gasteiger partial charge in [-0.05, 0) is 31.2 Å². The van der Waals surface area contributed by atoms with Gasteiger partial charge in [0.15, 0.2) is 6.61 Å². The van der Waals surface area contributed by atoms with Crippen LogP contribution in [0.4, 0.5) is 5.82 Å². The van der Waals surface area contributed by atoms with Crippen molar-refractivity contribution in [2.75, 3.05) is 19.0 Å². The standard InChI is InChI=1S/C17H16N4O3/c1-11-7-15(13-8-12(23-2)3-4-14(13)20-11)24-9-17(22)21-16-5-6-18-10-19-16/h3-8,10H,9H2,1-2H3,(H,18,19,21,22). The minimum absolute atomic E-state index is 0.139. The SMILES string of the molecule is COc1ccc2nc(C)cc(OCC(=O)Nc3ccncn3)c2c1. The number of benzene rings is 1. The van der Waals surface area contributed by atoms with E-state index < -0.39 is 0 Å². The van der Waals surface area contributed by atoms with Gasteiger partial charge in [-0.25, -0.2) is 9.97 Å². The number of fused-ring (bicyclic) bond motifs is 1. The molecule has 7 nitrogen and oxygen atoms in total. The lowest BCUT2D eigenvalue weighted by Crippen LogP contribution is -2.20. The normalized spacial score (nSPS) is 10.4. The number of methoxy groups -OCH3 is 1. The number of ether oxygens (including phenoxy) is 2. The van der Waals surface area contributed by atoms with Crippen molar-refractivity contribution in [2.45, 2.75) is 6.92 Å². The second-order valence-corrected chi connectivity index (χ2v) is 5.08. The van der Waals surface area contributed by atoms with E-state index in [1.54, 1.807) is 25.4 Å². The van der Waals surface area contributed by atoms with Crippen molar-refractivity contribution in [1.82, 2.24) is 15.0 Å². The molecule has 2 heterocycles. The number of carbonyl (C=O) groups excluding carboxylic acids is 1. The molecule has 122 valence electrons. The number of nitrogens with zero attached hydrogens (tertiary/aromatic N) is 3. The molecule has 0 aliphatic carbocycles. The summed E-state index contributed by atoms with van der Waals surface area (Å²) >= 11 is 0. The van der Waals surface area contributed by atoms with Crippen molar-refractivity contribution in [3.8, 4) is 11.5 Å². The van der Waals surface area contributed by atoms with E-state index in [2.05, 4.69) is 20.3 Å². The van der Waals surface area contributed by atoms with E-state index in [1.807, 2.05) is 25.1 Å². The van der Waals surface area contributed by atoms with Crippen LogP contribution in [0.25, 0.3) is 10.9 Å². The van der Waals surface area contributed by atoms with Gasteiger partial charge in [0.25, 0.3) is 5.91 Å². The van der Waals surface area contributed by atoms with Crippen molar-refractivity contribution in [3.05, 3.63) is 48.5 Å². The smallest absolute Gasteiger partial charge is 0.263 e. The molecular formula is C17H16N4O3. The molecule has 1 N–H and O–H groups in total. The first kappa shape index (κ1) is 15.7. The molecule has 0 aliphatic rings. The van der Waals surface area contributed by atoms with E-state index in [4.69, 9.17) is 9.47 Å². The Balaban J connectivity index is 1.78. The summed E-state index contributed by atoms with van der Waals surface area (Å²) < 4.78 is 10.9. The Morgan fingerprint density at radius 3 is 2.88 bits per heavy atom. The van der Waals surface area contributed by atoms with Gasteiger partial charge in [0.1, 0.15) is 23.6 Å². The predicted octanol–water partition coefficient (Wildman–Crippen LogP) is 2.36. The number of anilines is 1. The molecule has 0 aliphatic heterocycles. The molecule has 2 aromatic heterocycles. The zero-order valence-corrected chi connectivity index (χ0v) is 13.3. The molecule has 1 amide bonds. The van der Waals surface area contributed by atoms with Gasteiger partial charge in [0.2, 0.25) is 0 Å². The molecule has 7 heteroatoms. The summed E-state index contributed by atoms with van der Waals surface area (Å²) in [5.41, 5.74) is 1.58. The lowest BCUT2D eigenvalue weighted by atomic mass is 10.1. The van der Waals surface area contributed by atoms with Crippen LogP contribution in [0.1, 0.15) is 5.69 Å². The number of hydrogen-bond acceptors (Lipinski definition) is 6. The highest BCUT2D eigenvalue weighted by Gasteiger charge is 2.10. The summed E-state index contributed by atoms with van der Waals surface area (Å²) in [6.45, 7) is 1.73. The number of aromatic nitrogens is 3. The van der Waals surface area contributed by atoms with Crippen molar-refractivity contribution < 1.29 is 14.3 Å². The summed E-state index contributed by atoms with van der Waals surface area (Å²) in [5, 5.41) is 3.43. The van der Waals surface area contributed by atoms with Crippen molar-refractivity contribution in [3.63, 3.8) is 0 Å². The first-order chi connectivity index (χ1) is 11.7. The van der Waals surface area contributed by atoms with Gasteiger partial charge in [-0.15, -0.1) is 0 Å². The summed E-state index contributed by atoms with van der Waals surface area (Å²) in [4.78, 5) is 24.2. The summed E-state index contributed by atoms with van der Waals surface area (Å²) in [6.07, 6.45) is 2.91. The number of hydrogen-bond donors (Lipinski definition) is 1. The second-order valence-electron chi connectivity index (χ2n) is 5.08. The first-order valence-corrected chi connectivity index (χ1v) is 7.30. The van der Waals surface area contributed by atoms with Gasteiger partial charge in [-0.3, -0.25) is 9.78 Å².